The molecule has 0 fully saturated rings. The van der Waals surface area contributed by atoms with Crippen molar-refractivity contribution in [2.75, 3.05) is 0 Å². The van der Waals surface area contributed by atoms with E-state index in [1.54, 1.807) is 22.8 Å². The van der Waals surface area contributed by atoms with Crippen molar-refractivity contribution in [3.63, 3.8) is 0 Å². The maximum atomic E-state index is 13.0. The van der Waals surface area contributed by atoms with Crippen molar-refractivity contribution in [2.45, 2.75) is 32.2 Å². The number of benzene rings is 1. The SMILES string of the molecule is CCCCn1c(-c2ccc(F)cc2)ccc(CCl)c1=O. The van der Waals surface area contributed by atoms with Crippen molar-refractivity contribution in [3.05, 3.63) is 58.1 Å². The highest BCUT2D eigenvalue weighted by Crippen LogP contribution is 2.19. The second-order valence-corrected chi connectivity index (χ2v) is 4.96. The Morgan fingerprint density at radius 1 is 1.15 bits per heavy atom. The van der Waals surface area contributed by atoms with Crippen molar-refractivity contribution < 1.29 is 4.39 Å². The molecule has 4 heteroatoms. The lowest BCUT2D eigenvalue weighted by molar-refractivity contribution is 0.614. The van der Waals surface area contributed by atoms with Gasteiger partial charge in [0.05, 0.1) is 11.6 Å². The Bertz CT molecular complexity index is 634. The molecule has 20 heavy (non-hydrogen) atoms. The molecule has 0 atom stereocenters. The zero-order valence-corrected chi connectivity index (χ0v) is 12.2. The van der Waals surface area contributed by atoms with Crippen LogP contribution in [0.25, 0.3) is 11.3 Å². The highest BCUT2D eigenvalue weighted by Gasteiger charge is 2.09. The molecule has 1 heterocycles. The van der Waals surface area contributed by atoms with E-state index in [4.69, 9.17) is 11.6 Å². The van der Waals surface area contributed by atoms with Gasteiger partial charge in [0.25, 0.3) is 5.56 Å². The first-order valence-corrected chi connectivity index (χ1v) is 7.25. The molecule has 0 bridgehead atoms. The summed E-state index contributed by atoms with van der Waals surface area (Å²) < 4.78 is 14.7. The summed E-state index contributed by atoms with van der Waals surface area (Å²) in [6, 6.07) is 9.80. The average molecular weight is 294 g/mol. The smallest absolute Gasteiger partial charge is 0.255 e. The standard InChI is InChI=1S/C16H17ClFNO/c1-2-3-10-19-15(9-6-13(11-17)16(19)20)12-4-7-14(18)8-5-12/h4-9H,2-3,10-11H2,1H3. The fourth-order valence-electron chi connectivity index (χ4n) is 2.14. The number of nitrogens with zero attached hydrogens (tertiary/aromatic N) is 1. The number of alkyl halides is 1. The topological polar surface area (TPSA) is 22.0 Å². The highest BCUT2D eigenvalue weighted by molar-refractivity contribution is 6.17. The third-order valence-corrected chi connectivity index (χ3v) is 3.56. The second-order valence-electron chi connectivity index (χ2n) is 4.69. The molecular weight excluding hydrogens is 277 g/mol. The number of halogens is 2. The van der Waals surface area contributed by atoms with Gasteiger partial charge < -0.3 is 4.57 Å². The summed E-state index contributed by atoms with van der Waals surface area (Å²) in [7, 11) is 0. The van der Waals surface area contributed by atoms with Crippen LogP contribution in [0, 0.1) is 5.82 Å². The molecule has 2 rings (SSSR count). The molecule has 2 nitrogen and oxygen atoms in total. The molecule has 0 aliphatic rings. The van der Waals surface area contributed by atoms with Crippen LogP contribution in [0.15, 0.2) is 41.2 Å². The molecule has 0 N–H and O–H groups in total. The molecule has 0 unspecified atom stereocenters. The van der Waals surface area contributed by atoms with Gasteiger partial charge in [0.2, 0.25) is 0 Å². The largest absolute Gasteiger partial charge is 0.308 e. The van der Waals surface area contributed by atoms with Gasteiger partial charge in [0.1, 0.15) is 5.82 Å². The molecule has 2 aromatic rings. The van der Waals surface area contributed by atoms with Crippen LogP contribution in [0.1, 0.15) is 25.3 Å². The molecule has 0 spiro atoms. The molecule has 0 aliphatic heterocycles. The molecule has 0 saturated carbocycles. The fourth-order valence-corrected chi connectivity index (χ4v) is 2.34. The predicted octanol–water partition coefficient (Wildman–Crippen LogP) is 4.19. The van der Waals surface area contributed by atoms with Gasteiger partial charge in [-0.1, -0.05) is 19.4 Å². The number of aromatic nitrogens is 1. The number of hydrogen-bond donors (Lipinski definition) is 0. The summed E-state index contributed by atoms with van der Waals surface area (Å²) >= 11 is 5.79. The van der Waals surface area contributed by atoms with Gasteiger partial charge >= 0.3 is 0 Å². The Morgan fingerprint density at radius 3 is 2.45 bits per heavy atom. The number of hydrogen-bond acceptors (Lipinski definition) is 1. The summed E-state index contributed by atoms with van der Waals surface area (Å²) in [5, 5.41) is 0. The minimum Gasteiger partial charge on any atom is -0.308 e. The Labute approximate surface area is 122 Å². The lowest BCUT2D eigenvalue weighted by atomic mass is 10.1. The Balaban J connectivity index is 2.54. The highest BCUT2D eigenvalue weighted by atomic mass is 35.5. The minimum absolute atomic E-state index is 0.0599. The van der Waals surface area contributed by atoms with E-state index in [2.05, 4.69) is 6.92 Å². The summed E-state index contributed by atoms with van der Waals surface area (Å²) in [6.45, 7) is 2.72. The molecule has 0 radical (unpaired) electrons. The number of rotatable bonds is 5. The van der Waals surface area contributed by atoms with Crippen molar-refractivity contribution in [3.8, 4) is 11.3 Å². The van der Waals surface area contributed by atoms with Crippen molar-refractivity contribution >= 4 is 11.6 Å². The van der Waals surface area contributed by atoms with Gasteiger partial charge in [-0.25, -0.2) is 4.39 Å². The average Bonchev–Trinajstić information content (AvgIpc) is 2.47. The summed E-state index contributed by atoms with van der Waals surface area (Å²) in [5.74, 6) is -0.0807. The van der Waals surface area contributed by atoms with Gasteiger partial charge in [-0.2, -0.15) is 0 Å². The maximum absolute atomic E-state index is 13.0. The van der Waals surface area contributed by atoms with Crippen LogP contribution in [-0.2, 0) is 12.4 Å². The molecule has 0 aliphatic carbocycles. The number of pyridine rings is 1. The Morgan fingerprint density at radius 2 is 1.85 bits per heavy atom. The van der Waals surface area contributed by atoms with Gasteiger partial charge in [-0.15, -0.1) is 11.6 Å². The third kappa shape index (κ3) is 3.10. The zero-order valence-electron chi connectivity index (χ0n) is 11.4. The van der Waals surface area contributed by atoms with Gasteiger partial charge in [0.15, 0.2) is 0 Å². The summed E-state index contributed by atoms with van der Waals surface area (Å²) in [4.78, 5) is 12.4. The van der Waals surface area contributed by atoms with Crippen LogP contribution < -0.4 is 5.56 Å². The van der Waals surface area contributed by atoms with E-state index in [0.29, 0.717) is 12.1 Å². The van der Waals surface area contributed by atoms with E-state index in [0.717, 1.165) is 24.1 Å². The molecule has 1 aromatic heterocycles. The van der Waals surface area contributed by atoms with Gasteiger partial charge in [0, 0.05) is 12.1 Å². The first-order chi connectivity index (χ1) is 9.67. The number of unbranched alkanes of at least 4 members (excludes halogenated alkanes) is 1. The van der Waals surface area contributed by atoms with Crippen molar-refractivity contribution in [1.82, 2.24) is 4.57 Å². The monoisotopic (exact) mass is 293 g/mol. The van der Waals surface area contributed by atoms with Crippen LogP contribution in [0.3, 0.4) is 0 Å². The molecular formula is C16H17ClFNO. The third-order valence-electron chi connectivity index (χ3n) is 3.27. The molecule has 106 valence electrons. The zero-order chi connectivity index (χ0) is 14.5. The Kier molecular flexibility index (Phi) is 4.96. The fraction of sp³-hybridized carbons (Fsp3) is 0.312. The van der Waals surface area contributed by atoms with Crippen molar-refractivity contribution in [2.24, 2.45) is 0 Å². The van der Waals surface area contributed by atoms with E-state index in [1.165, 1.54) is 12.1 Å². The van der Waals surface area contributed by atoms with E-state index < -0.39 is 0 Å². The lowest BCUT2D eigenvalue weighted by Crippen LogP contribution is -2.24. The molecule has 0 amide bonds. The normalized spacial score (nSPS) is 10.8. The van der Waals surface area contributed by atoms with Crippen LogP contribution >= 0.6 is 11.6 Å². The van der Waals surface area contributed by atoms with Gasteiger partial charge in [-0.3, -0.25) is 4.79 Å². The van der Waals surface area contributed by atoms with E-state index in [9.17, 15) is 9.18 Å². The van der Waals surface area contributed by atoms with Crippen LogP contribution in [-0.4, -0.2) is 4.57 Å². The minimum atomic E-state index is -0.284. The predicted molar refractivity (Wildman–Crippen MR) is 80.6 cm³/mol. The quantitative estimate of drug-likeness (QED) is 0.758. The van der Waals surface area contributed by atoms with Crippen LogP contribution in [0.2, 0.25) is 0 Å². The molecule has 1 aromatic carbocycles. The maximum Gasteiger partial charge on any atom is 0.255 e. The van der Waals surface area contributed by atoms with Gasteiger partial charge in [-0.05, 0) is 42.3 Å². The summed E-state index contributed by atoms with van der Waals surface area (Å²) in [6.07, 6.45) is 1.92. The first-order valence-electron chi connectivity index (χ1n) is 6.72. The molecule has 0 saturated heterocycles. The van der Waals surface area contributed by atoms with E-state index >= 15 is 0 Å². The van der Waals surface area contributed by atoms with Crippen molar-refractivity contribution in [1.29, 1.82) is 0 Å². The first kappa shape index (κ1) is 14.8. The van der Waals surface area contributed by atoms with E-state index in [-0.39, 0.29) is 17.3 Å². The van der Waals surface area contributed by atoms with Crippen LogP contribution in [0.5, 0.6) is 0 Å². The van der Waals surface area contributed by atoms with E-state index in [1.807, 2.05) is 6.07 Å². The second kappa shape index (κ2) is 6.71. The lowest BCUT2D eigenvalue weighted by Gasteiger charge is -2.14. The van der Waals surface area contributed by atoms with Crippen LogP contribution in [0.4, 0.5) is 4.39 Å². The summed E-state index contributed by atoms with van der Waals surface area (Å²) in [5.41, 5.74) is 2.17. The Hall–Kier alpha value is -1.61.